The van der Waals surface area contributed by atoms with E-state index in [2.05, 4.69) is 65.6 Å². The predicted octanol–water partition coefficient (Wildman–Crippen LogP) is 4.84. The molecule has 2 rings (SSSR count). The van der Waals surface area contributed by atoms with E-state index < -0.39 is 0 Å². The molecule has 2 aromatic rings. The van der Waals surface area contributed by atoms with Crippen LogP contribution in [0.1, 0.15) is 50.3 Å². The summed E-state index contributed by atoms with van der Waals surface area (Å²) < 4.78 is 5.62. The Morgan fingerprint density at radius 3 is 2.43 bits per heavy atom. The molecule has 0 radical (unpaired) electrons. The summed E-state index contributed by atoms with van der Waals surface area (Å²) in [7, 11) is 4.27. The number of nitrogens with one attached hydrogen (secondary N) is 2. The summed E-state index contributed by atoms with van der Waals surface area (Å²) in [5.41, 5.74) is 3.04. The first-order valence-electron chi connectivity index (χ1n) is 10.8. The maximum Gasteiger partial charge on any atom is 0.226 e. The van der Waals surface area contributed by atoms with Crippen LogP contribution in [0.5, 0.6) is 0 Å². The monoisotopic (exact) mass is 527 g/mol. The Hall–Kier alpha value is -1.61. The molecule has 0 aliphatic carbocycles. The number of halogens is 1. The van der Waals surface area contributed by atoms with Crippen molar-refractivity contribution in [2.45, 2.75) is 52.5 Å². The number of rotatable bonds is 12. The van der Waals surface area contributed by atoms with Crippen molar-refractivity contribution in [2.75, 3.05) is 33.7 Å². The highest BCUT2D eigenvalue weighted by atomic mass is 127. The molecule has 0 unspecified atom stereocenters. The fourth-order valence-electron chi connectivity index (χ4n) is 3.00. The second-order valence-electron chi connectivity index (χ2n) is 7.70. The van der Waals surface area contributed by atoms with Crippen LogP contribution in [0, 0.1) is 6.92 Å². The number of hydrogen-bond acceptors (Lipinski definition) is 4. The van der Waals surface area contributed by atoms with Gasteiger partial charge in [-0.25, -0.2) is 9.98 Å². The molecule has 0 aliphatic heterocycles. The molecule has 0 saturated heterocycles. The lowest BCUT2D eigenvalue weighted by Crippen LogP contribution is -2.37. The molecule has 0 fully saturated rings. The van der Waals surface area contributed by atoms with Crippen molar-refractivity contribution in [3.05, 3.63) is 41.8 Å². The molecule has 0 bridgehead atoms. The lowest BCUT2D eigenvalue weighted by molar-refractivity contribution is 0.389. The van der Waals surface area contributed by atoms with Gasteiger partial charge in [-0.05, 0) is 59.5 Å². The summed E-state index contributed by atoms with van der Waals surface area (Å²) in [5, 5.41) is 6.71. The highest BCUT2D eigenvalue weighted by Crippen LogP contribution is 2.19. The van der Waals surface area contributed by atoms with Crippen LogP contribution in [0.15, 0.2) is 39.9 Å². The average molecular weight is 527 g/mol. The number of oxazole rings is 1. The first-order valence-corrected chi connectivity index (χ1v) is 10.8. The lowest BCUT2D eigenvalue weighted by Gasteiger charge is -2.11. The van der Waals surface area contributed by atoms with Crippen LogP contribution >= 0.6 is 24.0 Å². The van der Waals surface area contributed by atoms with Crippen molar-refractivity contribution < 1.29 is 4.42 Å². The van der Waals surface area contributed by atoms with Crippen LogP contribution < -0.4 is 10.6 Å². The minimum Gasteiger partial charge on any atom is -0.444 e. The van der Waals surface area contributed by atoms with Crippen LogP contribution in [-0.2, 0) is 6.54 Å². The normalized spacial score (nSPS) is 11.4. The minimum absolute atomic E-state index is 0. The third kappa shape index (κ3) is 10.4. The molecule has 30 heavy (non-hydrogen) atoms. The topological polar surface area (TPSA) is 65.7 Å². The van der Waals surface area contributed by atoms with Crippen molar-refractivity contribution in [2.24, 2.45) is 4.99 Å². The van der Waals surface area contributed by atoms with Gasteiger partial charge in [-0.1, -0.05) is 37.0 Å². The van der Waals surface area contributed by atoms with E-state index in [0.29, 0.717) is 12.4 Å². The van der Waals surface area contributed by atoms with Crippen molar-refractivity contribution >= 4 is 29.9 Å². The SMILES string of the molecule is CCNC(=NCc1coc(-c2ccc(C)cc2)n1)NCCCCCCCN(C)C.I. The quantitative estimate of drug-likeness (QED) is 0.179. The fraction of sp³-hybridized carbons (Fsp3) is 0.565. The molecule has 168 valence electrons. The zero-order valence-corrected chi connectivity index (χ0v) is 21.2. The molecule has 0 atom stereocenters. The summed E-state index contributed by atoms with van der Waals surface area (Å²) in [4.78, 5) is 11.4. The summed E-state index contributed by atoms with van der Waals surface area (Å²) in [6, 6.07) is 8.18. The Morgan fingerprint density at radius 2 is 1.73 bits per heavy atom. The molecule has 7 heteroatoms. The van der Waals surface area contributed by atoms with Crippen molar-refractivity contribution in [3.8, 4) is 11.5 Å². The molecule has 1 heterocycles. The van der Waals surface area contributed by atoms with Crippen LogP contribution in [0.2, 0.25) is 0 Å². The smallest absolute Gasteiger partial charge is 0.226 e. The number of aliphatic imine (C=N–C) groups is 1. The van der Waals surface area contributed by atoms with E-state index >= 15 is 0 Å². The molecule has 0 spiro atoms. The van der Waals surface area contributed by atoms with Gasteiger partial charge in [0.15, 0.2) is 5.96 Å². The third-order valence-corrected chi connectivity index (χ3v) is 4.67. The Kier molecular flexibility index (Phi) is 13.4. The number of guanidine groups is 1. The van der Waals surface area contributed by atoms with Gasteiger partial charge < -0.3 is 20.0 Å². The lowest BCUT2D eigenvalue weighted by atomic mass is 10.1. The van der Waals surface area contributed by atoms with E-state index in [1.165, 1.54) is 37.8 Å². The number of nitrogens with zero attached hydrogens (tertiary/aromatic N) is 3. The molecule has 1 aromatic heterocycles. The first kappa shape index (κ1) is 26.4. The van der Waals surface area contributed by atoms with Gasteiger partial charge in [0, 0.05) is 18.7 Å². The molecular weight excluding hydrogens is 489 g/mol. The number of hydrogen-bond donors (Lipinski definition) is 2. The second-order valence-corrected chi connectivity index (χ2v) is 7.70. The molecule has 2 N–H and O–H groups in total. The first-order chi connectivity index (χ1) is 14.1. The van der Waals surface area contributed by atoms with Crippen LogP contribution in [0.3, 0.4) is 0 Å². The van der Waals surface area contributed by atoms with E-state index in [9.17, 15) is 0 Å². The van der Waals surface area contributed by atoms with Gasteiger partial charge in [0.05, 0.1) is 6.54 Å². The third-order valence-electron chi connectivity index (χ3n) is 4.67. The number of aryl methyl sites for hydroxylation is 1. The minimum atomic E-state index is 0. The maximum absolute atomic E-state index is 5.62. The second kappa shape index (κ2) is 15.2. The maximum atomic E-state index is 5.62. The average Bonchev–Trinajstić information content (AvgIpc) is 3.17. The van der Waals surface area contributed by atoms with Gasteiger partial charge in [0.1, 0.15) is 12.0 Å². The Morgan fingerprint density at radius 1 is 1.03 bits per heavy atom. The molecule has 0 aliphatic rings. The van der Waals surface area contributed by atoms with E-state index in [-0.39, 0.29) is 24.0 Å². The zero-order valence-electron chi connectivity index (χ0n) is 18.9. The Labute approximate surface area is 199 Å². The number of benzene rings is 1. The Bertz CT molecular complexity index is 727. The number of unbranched alkanes of at least 4 members (excludes halogenated alkanes) is 4. The standard InChI is InChI=1S/C23H37N5O.HI/c1-5-24-23(25-15-9-7-6-8-10-16-28(3)4)26-17-21-18-29-22(27-21)20-13-11-19(2)12-14-20;/h11-14,18H,5-10,15-17H2,1-4H3,(H2,24,25,26);1H. The molecule has 1 aromatic carbocycles. The van der Waals surface area contributed by atoms with E-state index in [1.807, 2.05) is 12.1 Å². The summed E-state index contributed by atoms with van der Waals surface area (Å²) in [5.74, 6) is 1.47. The number of aromatic nitrogens is 1. The Balaban J connectivity index is 0.00000450. The van der Waals surface area contributed by atoms with Crippen molar-refractivity contribution in [3.63, 3.8) is 0 Å². The molecular formula is C23H38IN5O. The highest BCUT2D eigenvalue weighted by Gasteiger charge is 2.06. The van der Waals surface area contributed by atoms with Crippen molar-refractivity contribution in [1.29, 1.82) is 0 Å². The highest BCUT2D eigenvalue weighted by molar-refractivity contribution is 14.0. The summed E-state index contributed by atoms with van der Waals surface area (Å²) >= 11 is 0. The fourth-order valence-corrected chi connectivity index (χ4v) is 3.00. The summed E-state index contributed by atoms with van der Waals surface area (Å²) in [6.07, 6.45) is 7.99. The predicted molar refractivity (Wildman–Crippen MR) is 137 cm³/mol. The van der Waals surface area contributed by atoms with Crippen LogP contribution in [0.4, 0.5) is 0 Å². The van der Waals surface area contributed by atoms with Gasteiger partial charge in [-0.3, -0.25) is 0 Å². The molecule has 0 saturated carbocycles. The largest absolute Gasteiger partial charge is 0.444 e. The van der Waals surface area contributed by atoms with Crippen molar-refractivity contribution in [1.82, 2.24) is 20.5 Å². The zero-order chi connectivity index (χ0) is 20.9. The molecule has 6 nitrogen and oxygen atoms in total. The van der Waals surface area contributed by atoms with E-state index in [0.717, 1.165) is 36.7 Å². The van der Waals surface area contributed by atoms with Gasteiger partial charge in [0.25, 0.3) is 0 Å². The van der Waals surface area contributed by atoms with Crippen LogP contribution in [-0.4, -0.2) is 49.6 Å². The summed E-state index contributed by atoms with van der Waals surface area (Å²) in [6.45, 7) is 7.60. The van der Waals surface area contributed by atoms with E-state index in [4.69, 9.17) is 4.42 Å². The van der Waals surface area contributed by atoms with Crippen LogP contribution in [0.25, 0.3) is 11.5 Å². The van der Waals surface area contributed by atoms with Gasteiger partial charge in [-0.15, -0.1) is 24.0 Å². The van der Waals surface area contributed by atoms with Gasteiger partial charge in [-0.2, -0.15) is 0 Å². The van der Waals surface area contributed by atoms with Gasteiger partial charge >= 0.3 is 0 Å². The van der Waals surface area contributed by atoms with Gasteiger partial charge in [0.2, 0.25) is 5.89 Å². The molecule has 0 amide bonds. The van der Waals surface area contributed by atoms with E-state index in [1.54, 1.807) is 6.26 Å².